The van der Waals surface area contributed by atoms with Crippen LogP contribution >= 0.6 is 0 Å². The molecule has 0 heterocycles. The van der Waals surface area contributed by atoms with Gasteiger partial charge in [-0.15, -0.1) is 0 Å². The van der Waals surface area contributed by atoms with E-state index in [1.165, 1.54) is 25.7 Å². The Morgan fingerprint density at radius 1 is 0.917 bits per heavy atom. The van der Waals surface area contributed by atoms with Crippen molar-refractivity contribution in [3.63, 3.8) is 0 Å². The molecule has 0 N–H and O–H groups in total. The van der Waals surface area contributed by atoms with E-state index < -0.39 is 0 Å². The first kappa shape index (κ1) is 8.59. The molecule has 2 unspecified atom stereocenters. The summed E-state index contributed by atoms with van der Waals surface area (Å²) in [5, 5.41) is 0. The van der Waals surface area contributed by atoms with Gasteiger partial charge in [0, 0.05) is 0 Å². The van der Waals surface area contributed by atoms with E-state index >= 15 is 0 Å². The molecule has 2 aliphatic rings. The Morgan fingerprint density at radius 3 is 2.50 bits per heavy atom. The van der Waals surface area contributed by atoms with Crippen LogP contribution in [0.1, 0.15) is 52.4 Å². The molecular weight excluding hydrogens is 144 g/mol. The smallest absolute Gasteiger partial charge is 0.0360 e. The minimum Gasteiger partial charge on any atom is -0.0625 e. The number of hydrogen-bond donors (Lipinski definition) is 0. The van der Waals surface area contributed by atoms with E-state index in [1.54, 1.807) is 12.8 Å². The SMILES string of the molecule is C[C@@H]1CC2CCCCC2[C@H](C)C1. The second-order valence-corrected chi connectivity index (χ2v) is 5.26. The van der Waals surface area contributed by atoms with E-state index in [1.807, 2.05) is 0 Å². The zero-order chi connectivity index (χ0) is 8.55. The molecule has 0 aromatic carbocycles. The van der Waals surface area contributed by atoms with Crippen LogP contribution in [0.15, 0.2) is 0 Å². The molecule has 0 amide bonds. The largest absolute Gasteiger partial charge is 0.0625 e. The number of hydrogen-bond acceptors (Lipinski definition) is 0. The molecular formula is C12H22. The van der Waals surface area contributed by atoms with Crippen LogP contribution in [-0.4, -0.2) is 0 Å². The maximum atomic E-state index is 2.48. The highest BCUT2D eigenvalue weighted by atomic mass is 14.4. The van der Waals surface area contributed by atoms with E-state index in [-0.39, 0.29) is 0 Å². The summed E-state index contributed by atoms with van der Waals surface area (Å²) in [4.78, 5) is 0. The molecule has 0 bridgehead atoms. The van der Waals surface area contributed by atoms with Gasteiger partial charge < -0.3 is 0 Å². The molecule has 0 aromatic heterocycles. The molecule has 0 saturated heterocycles. The van der Waals surface area contributed by atoms with Crippen molar-refractivity contribution in [3.05, 3.63) is 0 Å². The molecule has 0 radical (unpaired) electrons. The van der Waals surface area contributed by atoms with Crippen molar-refractivity contribution in [1.29, 1.82) is 0 Å². The molecule has 2 aliphatic carbocycles. The van der Waals surface area contributed by atoms with Crippen LogP contribution in [-0.2, 0) is 0 Å². The molecule has 4 atom stereocenters. The fourth-order valence-corrected chi connectivity index (χ4v) is 3.70. The van der Waals surface area contributed by atoms with Crippen molar-refractivity contribution in [2.45, 2.75) is 52.4 Å². The van der Waals surface area contributed by atoms with E-state index in [9.17, 15) is 0 Å². The van der Waals surface area contributed by atoms with Gasteiger partial charge in [-0.1, -0.05) is 33.1 Å². The van der Waals surface area contributed by atoms with Gasteiger partial charge in [-0.25, -0.2) is 0 Å². The molecule has 0 nitrogen and oxygen atoms in total. The normalized spacial score (nSPS) is 48.5. The quantitative estimate of drug-likeness (QED) is 0.512. The maximum Gasteiger partial charge on any atom is -0.0360 e. The Kier molecular flexibility index (Phi) is 2.43. The van der Waals surface area contributed by atoms with Gasteiger partial charge in [-0.3, -0.25) is 0 Å². The third kappa shape index (κ3) is 1.53. The lowest BCUT2D eigenvalue weighted by Gasteiger charge is -2.42. The topological polar surface area (TPSA) is 0 Å². The predicted molar refractivity (Wildman–Crippen MR) is 53.0 cm³/mol. The van der Waals surface area contributed by atoms with Crippen molar-refractivity contribution in [2.24, 2.45) is 23.7 Å². The first-order valence-electron chi connectivity index (χ1n) is 5.77. The molecule has 0 aliphatic heterocycles. The standard InChI is InChI=1S/C12H22/c1-9-7-10(2)12-6-4-3-5-11(12)8-9/h9-12H,3-8H2,1-2H3/t9-,10+,11?,12?/m0/s1. The van der Waals surface area contributed by atoms with Gasteiger partial charge in [0.25, 0.3) is 0 Å². The van der Waals surface area contributed by atoms with Crippen LogP contribution in [0.5, 0.6) is 0 Å². The van der Waals surface area contributed by atoms with Crippen LogP contribution in [0.3, 0.4) is 0 Å². The summed E-state index contributed by atoms with van der Waals surface area (Å²) in [7, 11) is 0. The fourth-order valence-electron chi connectivity index (χ4n) is 3.70. The van der Waals surface area contributed by atoms with E-state index in [2.05, 4.69) is 13.8 Å². The van der Waals surface area contributed by atoms with Crippen molar-refractivity contribution in [2.75, 3.05) is 0 Å². The summed E-state index contributed by atoms with van der Waals surface area (Å²) in [5.41, 5.74) is 0. The molecule has 0 aromatic rings. The van der Waals surface area contributed by atoms with Gasteiger partial charge in [-0.2, -0.15) is 0 Å². The maximum absolute atomic E-state index is 2.48. The highest BCUT2D eigenvalue weighted by molar-refractivity contribution is 4.85. The lowest BCUT2D eigenvalue weighted by atomic mass is 9.63. The van der Waals surface area contributed by atoms with Gasteiger partial charge in [0.05, 0.1) is 0 Å². The Balaban J connectivity index is 2.01. The van der Waals surface area contributed by atoms with Gasteiger partial charge in [0.2, 0.25) is 0 Å². The predicted octanol–water partition coefficient (Wildman–Crippen LogP) is 3.86. The van der Waals surface area contributed by atoms with Crippen LogP contribution < -0.4 is 0 Å². The first-order chi connectivity index (χ1) is 5.77. The summed E-state index contributed by atoms with van der Waals surface area (Å²) in [6, 6.07) is 0. The first-order valence-corrected chi connectivity index (χ1v) is 5.77. The number of rotatable bonds is 0. The Bertz CT molecular complexity index is 150. The monoisotopic (exact) mass is 166 g/mol. The average molecular weight is 166 g/mol. The van der Waals surface area contributed by atoms with E-state index in [4.69, 9.17) is 0 Å². The second-order valence-electron chi connectivity index (χ2n) is 5.26. The lowest BCUT2D eigenvalue weighted by molar-refractivity contribution is 0.0827. The molecule has 0 spiro atoms. The van der Waals surface area contributed by atoms with Crippen LogP contribution in [0.4, 0.5) is 0 Å². The van der Waals surface area contributed by atoms with E-state index in [0.29, 0.717) is 0 Å². The Labute approximate surface area is 76.7 Å². The van der Waals surface area contributed by atoms with Crippen molar-refractivity contribution < 1.29 is 0 Å². The van der Waals surface area contributed by atoms with Gasteiger partial charge in [0.1, 0.15) is 0 Å². The Hall–Kier alpha value is 0. The molecule has 0 heteroatoms. The molecule has 70 valence electrons. The zero-order valence-corrected chi connectivity index (χ0v) is 8.55. The van der Waals surface area contributed by atoms with Crippen LogP contribution in [0.25, 0.3) is 0 Å². The van der Waals surface area contributed by atoms with Crippen LogP contribution in [0, 0.1) is 23.7 Å². The van der Waals surface area contributed by atoms with Gasteiger partial charge in [0.15, 0.2) is 0 Å². The van der Waals surface area contributed by atoms with E-state index in [0.717, 1.165) is 23.7 Å². The molecule has 2 saturated carbocycles. The highest BCUT2D eigenvalue weighted by Crippen LogP contribution is 2.45. The lowest BCUT2D eigenvalue weighted by Crippen LogP contribution is -2.32. The van der Waals surface area contributed by atoms with Crippen LogP contribution in [0.2, 0.25) is 0 Å². The average Bonchev–Trinajstić information content (AvgIpc) is 2.04. The van der Waals surface area contributed by atoms with Crippen molar-refractivity contribution in [3.8, 4) is 0 Å². The van der Waals surface area contributed by atoms with Crippen molar-refractivity contribution in [1.82, 2.24) is 0 Å². The molecule has 2 fully saturated rings. The minimum atomic E-state index is 1.01. The highest BCUT2D eigenvalue weighted by Gasteiger charge is 2.34. The third-order valence-corrected chi connectivity index (χ3v) is 4.18. The van der Waals surface area contributed by atoms with Crippen molar-refractivity contribution >= 4 is 0 Å². The molecule has 12 heavy (non-hydrogen) atoms. The zero-order valence-electron chi connectivity index (χ0n) is 8.55. The van der Waals surface area contributed by atoms with Gasteiger partial charge in [-0.05, 0) is 42.9 Å². The minimum absolute atomic E-state index is 1.01. The molecule has 2 rings (SSSR count). The number of fused-ring (bicyclic) bond motifs is 1. The van der Waals surface area contributed by atoms with Gasteiger partial charge >= 0.3 is 0 Å². The fraction of sp³-hybridized carbons (Fsp3) is 1.00. The summed E-state index contributed by atoms with van der Waals surface area (Å²) >= 11 is 0. The Morgan fingerprint density at radius 2 is 1.67 bits per heavy atom. The second kappa shape index (κ2) is 3.40. The summed E-state index contributed by atoms with van der Waals surface area (Å²) in [6.45, 7) is 4.93. The summed E-state index contributed by atoms with van der Waals surface area (Å²) < 4.78 is 0. The third-order valence-electron chi connectivity index (χ3n) is 4.18. The summed E-state index contributed by atoms with van der Waals surface area (Å²) in [6.07, 6.45) is 9.15. The summed E-state index contributed by atoms with van der Waals surface area (Å²) in [5.74, 6) is 4.26.